The highest BCUT2D eigenvalue weighted by atomic mass is 79.9. The Bertz CT molecular complexity index is 468. The van der Waals surface area contributed by atoms with E-state index in [1.54, 1.807) is 13.0 Å². The summed E-state index contributed by atoms with van der Waals surface area (Å²) in [6.45, 7) is 1.66. The first-order chi connectivity index (χ1) is 9.84. The summed E-state index contributed by atoms with van der Waals surface area (Å²) >= 11 is 3.25. The zero-order chi connectivity index (χ0) is 16.0. The van der Waals surface area contributed by atoms with Gasteiger partial charge in [0.1, 0.15) is 5.82 Å². The van der Waals surface area contributed by atoms with Crippen molar-refractivity contribution in [2.24, 2.45) is 5.92 Å². The molecule has 0 saturated heterocycles. The fourth-order valence-corrected chi connectivity index (χ4v) is 2.67. The van der Waals surface area contributed by atoms with Crippen LogP contribution in [0.2, 0.25) is 0 Å². The lowest BCUT2D eigenvalue weighted by molar-refractivity contribution is -0.221. The molecule has 0 saturated carbocycles. The third kappa shape index (κ3) is 4.76. The van der Waals surface area contributed by atoms with E-state index in [1.165, 1.54) is 26.4 Å². The van der Waals surface area contributed by atoms with E-state index in [0.29, 0.717) is 29.3 Å². The van der Waals surface area contributed by atoms with Crippen LogP contribution in [0.25, 0.3) is 0 Å². The van der Waals surface area contributed by atoms with Crippen molar-refractivity contribution in [1.82, 2.24) is 0 Å². The maximum atomic E-state index is 13.6. The second kappa shape index (κ2) is 7.87. The Labute approximate surface area is 132 Å². The molecular formula is C15H20BrFO4. The van der Waals surface area contributed by atoms with Crippen LogP contribution in [0.3, 0.4) is 0 Å². The first kappa shape index (κ1) is 18.1. The van der Waals surface area contributed by atoms with E-state index >= 15 is 0 Å². The minimum atomic E-state index is -1.08. The number of hydrogen-bond acceptors (Lipinski definition) is 3. The van der Waals surface area contributed by atoms with Gasteiger partial charge in [0.25, 0.3) is 0 Å². The molecule has 4 nitrogen and oxygen atoms in total. The molecule has 0 unspecified atom stereocenters. The quantitative estimate of drug-likeness (QED) is 0.712. The number of methoxy groups -OCH3 is 2. The van der Waals surface area contributed by atoms with Gasteiger partial charge in [-0.1, -0.05) is 22.9 Å². The summed E-state index contributed by atoms with van der Waals surface area (Å²) in [5, 5.41) is 8.90. The summed E-state index contributed by atoms with van der Waals surface area (Å²) in [6, 6.07) is 4.45. The van der Waals surface area contributed by atoms with Crippen LogP contribution in [0.15, 0.2) is 22.7 Å². The number of benzene rings is 1. The first-order valence-electron chi connectivity index (χ1n) is 6.64. The second-order valence-corrected chi connectivity index (χ2v) is 5.87. The van der Waals surface area contributed by atoms with Crippen LogP contribution in [-0.2, 0) is 20.1 Å². The molecule has 0 fully saturated rings. The summed E-state index contributed by atoms with van der Waals surface area (Å²) in [4.78, 5) is 10.8. The fourth-order valence-electron chi connectivity index (χ4n) is 2.21. The normalized spacial score (nSPS) is 13.2. The summed E-state index contributed by atoms with van der Waals surface area (Å²) in [5.41, 5.74) is 0.558. The number of halogens is 2. The van der Waals surface area contributed by atoms with Gasteiger partial charge in [-0.3, -0.25) is 4.79 Å². The number of carboxylic acids is 1. The molecule has 0 aliphatic heterocycles. The van der Waals surface area contributed by atoms with Gasteiger partial charge in [-0.25, -0.2) is 4.39 Å². The monoisotopic (exact) mass is 362 g/mol. The van der Waals surface area contributed by atoms with Gasteiger partial charge in [-0.05, 0) is 31.0 Å². The molecule has 0 bridgehead atoms. The maximum absolute atomic E-state index is 13.6. The Kier molecular flexibility index (Phi) is 6.77. The van der Waals surface area contributed by atoms with Crippen LogP contribution in [-0.4, -0.2) is 25.3 Å². The highest BCUT2D eigenvalue weighted by Crippen LogP contribution is 2.34. The lowest BCUT2D eigenvalue weighted by Gasteiger charge is -2.32. The number of carboxylic acid groups (broad SMARTS) is 1. The van der Waals surface area contributed by atoms with Gasteiger partial charge in [0.2, 0.25) is 0 Å². The average Bonchev–Trinajstić information content (AvgIpc) is 2.42. The molecule has 118 valence electrons. The number of hydrogen-bond donors (Lipinski definition) is 1. The lowest BCUT2D eigenvalue weighted by atomic mass is 9.96. The predicted octanol–water partition coefficient (Wildman–Crippen LogP) is 3.92. The number of rotatable bonds is 8. The molecule has 0 amide bonds. The second-order valence-electron chi connectivity index (χ2n) is 4.95. The minimum Gasteiger partial charge on any atom is -0.481 e. The SMILES string of the molecule is COC(CCC[C@@H](C)C(=O)O)(OC)c1cc(F)cc(Br)c1. The topological polar surface area (TPSA) is 55.8 Å². The highest BCUT2D eigenvalue weighted by molar-refractivity contribution is 9.10. The standard InChI is InChI=1S/C15H20BrFO4/c1-10(14(18)19)5-4-6-15(20-2,21-3)11-7-12(16)9-13(17)8-11/h7-10H,4-6H2,1-3H3,(H,18,19)/t10-/m1/s1. The Morgan fingerprint density at radius 2 is 2.00 bits per heavy atom. The van der Waals surface area contributed by atoms with Crippen LogP contribution >= 0.6 is 15.9 Å². The van der Waals surface area contributed by atoms with Crippen LogP contribution in [0, 0.1) is 11.7 Å². The highest BCUT2D eigenvalue weighted by Gasteiger charge is 2.32. The molecule has 0 aromatic heterocycles. The molecule has 1 aromatic carbocycles. The molecule has 0 radical (unpaired) electrons. The van der Waals surface area contributed by atoms with Gasteiger partial charge in [0.15, 0.2) is 5.79 Å². The van der Waals surface area contributed by atoms with Crippen molar-refractivity contribution >= 4 is 21.9 Å². The van der Waals surface area contributed by atoms with Crippen molar-refractivity contribution in [3.8, 4) is 0 Å². The van der Waals surface area contributed by atoms with Crippen LogP contribution in [0.1, 0.15) is 31.7 Å². The van der Waals surface area contributed by atoms with E-state index in [1.807, 2.05) is 0 Å². The predicted molar refractivity (Wildman–Crippen MR) is 80.4 cm³/mol. The minimum absolute atomic E-state index is 0.392. The molecule has 1 atom stereocenters. The molecule has 0 aliphatic carbocycles. The van der Waals surface area contributed by atoms with Crippen molar-refractivity contribution in [1.29, 1.82) is 0 Å². The smallest absolute Gasteiger partial charge is 0.306 e. The Morgan fingerprint density at radius 1 is 1.38 bits per heavy atom. The molecule has 6 heteroatoms. The van der Waals surface area contributed by atoms with Crippen molar-refractivity contribution < 1.29 is 23.8 Å². The Balaban J connectivity index is 2.89. The Hall–Kier alpha value is -0.980. The van der Waals surface area contributed by atoms with Gasteiger partial charge in [0, 0.05) is 30.7 Å². The van der Waals surface area contributed by atoms with Gasteiger partial charge in [0.05, 0.1) is 5.92 Å². The van der Waals surface area contributed by atoms with Crippen LogP contribution in [0.5, 0.6) is 0 Å². The van der Waals surface area contributed by atoms with E-state index < -0.39 is 23.5 Å². The van der Waals surface area contributed by atoms with Crippen molar-refractivity contribution in [3.05, 3.63) is 34.1 Å². The molecule has 1 aromatic rings. The number of aliphatic carboxylic acids is 1. The summed E-state index contributed by atoms with van der Waals surface area (Å²) in [6.07, 6.45) is 1.52. The van der Waals surface area contributed by atoms with E-state index in [0.717, 1.165) is 0 Å². The molecule has 0 aliphatic rings. The zero-order valence-corrected chi connectivity index (χ0v) is 13.9. The van der Waals surface area contributed by atoms with E-state index in [2.05, 4.69) is 15.9 Å². The van der Waals surface area contributed by atoms with E-state index in [4.69, 9.17) is 14.6 Å². The van der Waals surface area contributed by atoms with Gasteiger partial charge < -0.3 is 14.6 Å². The van der Waals surface area contributed by atoms with Crippen molar-refractivity contribution in [2.45, 2.75) is 32.0 Å². The van der Waals surface area contributed by atoms with Gasteiger partial charge in [-0.15, -0.1) is 0 Å². The summed E-state index contributed by atoms with van der Waals surface area (Å²) < 4.78 is 25.1. The molecular weight excluding hydrogens is 343 g/mol. The molecule has 1 N–H and O–H groups in total. The largest absolute Gasteiger partial charge is 0.481 e. The fraction of sp³-hybridized carbons (Fsp3) is 0.533. The number of carbonyl (C=O) groups is 1. The van der Waals surface area contributed by atoms with Crippen LogP contribution < -0.4 is 0 Å². The van der Waals surface area contributed by atoms with Gasteiger partial charge in [-0.2, -0.15) is 0 Å². The third-order valence-corrected chi connectivity index (χ3v) is 3.98. The molecule has 21 heavy (non-hydrogen) atoms. The molecule has 1 rings (SSSR count). The molecule has 0 heterocycles. The zero-order valence-electron chi connectivity index (χ0n) is 12.4. The van der Waals surface area contributed by atoms with E-state index in [-0.39, 0.29) is 0 Å². The first-order valence-corrected chi connectivity index (χ1v) is 7.43. The van der Waals surface area contributed by atoms with Crippen LogP contribution in [0.4, 0.5) is 4.39 Å². The maximum Gasteiger partial charge on any atom is 0.306 e. The summed E-state index contributed by atoms with van der Waals surface area (Å²) in [5.74, 6) is -2.74. The third-order valence-electron chi connectivity index (χ3n) is 3.53. The lowest BCUT2D eigenvalue weighted by Crippen LogP contribution is -2.31. The summed E-state index contributed by atoms with van der Waals surface area (Å²) in [7, 11) is 2.98. The van der Waals surface area contributed by atoms with E-state index in [9.17, 15) is 9.18 Å². The number of ether oxygens (including phenoxy) is 2. The Morgan fingerprint density at radius 3 is 2.48 bits per heavy atom. The average molecular weight is 363 g/mol. The van der Waals surface area contributed by atoms with Crippen molar-refractivity contribution in [3.63, 3.8) is 0 Å². The van der Waals surface area contributed by atoms with Crippen molar-refractivity contribution in [2.75, 3.05) is 14.2 Å². The molecule has 0 spiro atoms. The van der Waals surface area contributed by atoms with Gasteiger partial charge >= 0.3 is 5.97 Å².